The predicted molar refractivity (Wildman–Crippen MR) is 127 cm³/mol. The lowest BCUT2D eigenvalue weighted by Gasteiger charge is -2.15. The molecule has 1 amide bonds. The number of hydrogen-bond acceptors (Lipinski definition) is 4. The molecule has 10 heteroatoms. The SMILES string of the molecule is C[C@@H](NS(=O)(=O)c1ccc(OCC(=O)Nc2cc(Cl)ccc2Cl)c(Cl)c1)c1ccccc1. The second-order valence-corrected chi connectivity index (χ2v) is 9.77. The highest BCUT2D eigenvalue weighted by Gasteiger charge is 2.20. The summed E-state index contributed by atoms with van der Waals surface area (Å²) in [7, 11) is -3.82. The Bertz CT molecular complexity index is 1220. The molecule has 0 saturated carbocycles. The van der Waals surface area contributed by atoms with E-state index in [1.807, 2.05) is 30.3 Å². The second-order valence-electron chi connectivity index (χ2n) is 6.81. The smallest absolute Gasteiger partial charge is 0.262 e. The van der Waals surface area contributed by atoms with Crippen molar-refractivity contribution >= 4 is 56.4 Å². The molecular formula is C22H19Cl3N2O4S. The fourth-order valence-electron chi connectivity index (χ4n) is 2.80. The van der Waals surface area contributed by atoms with Gasteiger partial charge in [-0.1, -0.05) is 65.1 Å². The highest BCUT2D eigenvalue weighted by molar-refractivity contribution is 7.89. The number of nitrogens with one attached hydrogen (secondary N) is 2. The zero-order chi connectivity index (χ0) is 23.3. The van der Waals surface area contributed by atoms with Crippen molar-refractivity contribution in [3.8, 4) is 5.75 Å². The molecule has 0 unspecified atom stereocenters. The maximum absolute atomic E-state index is 12.7. The molecule has 0 spiro atoms. The van der Waals surface area contributed by atoms with Gasteiger partial charge in [-0.2, -0.15) is 0 Å². The third-order valence-corrected chi connectivity index (χ3v) is 6.80. The molecule has 2 N–H and O–H groups in total. The van der Waals surface area contributed by atoms with Crippen LogP contribution in [-0.2, 0) is 14.8 Å². The van der Waals surface area contributed by atoms with Crippen LogP contribution in [0.4, 0.5) is 5.69 Å². The summed E-state index contributed by atoms with van der Waals surface area (Å²) in [6.45, 7) is 1.38. The van der Waals surface area contributed by atoms with Gasteiger partial charge in [0, 0.05) is 11.1 Å². The number of carbonyl (C=O) groups is 1. The van der Waals surface area contributed by atoms with Gasteiger partial charge >= 0.3 is 0 Å². The first-order chi connectivity index (χ1) is 15.2. The Kier molecular flexibility index (Phi) is 8.03. The number of amides is 1. The Hall–Kier alpha value is -2.29. The molecule has 3 aromatic carbocycles. The maximum Gasteiger partial charge on any atom is 0.262 e. The first-order valence-electron chi connectivity index (χ1n) is 9.40. The number of rotatable bonds is 8. The van der Waals surface area contributed by atoms with E-state index in [2.05, 4.69) is 10.0 Å². The number of carbonyl (C=O) groups excluding carboxylic acids is 1. The first kappa shape index (κ1) is 24.4. The van der Waals surface area contributed by atoms with Crippen LogP contribution in [0.3, 0.4) is 0 Å². The summed E-state index contributed by atoms with van der Waals surface area (Å²) in [5.41, 5.74) is 1.17. The van der Waals surface area contributed by atoms with Crippen LogP contribution >= 0.6 is 34.8 Å². The average Bonchev–Trinajstić information content (AvgIpc) is 2.75. The summed E-state index contributed by atoms with van der Waals surface area (Å²) >= 11 is 18.1. The van der Waals surface area contributed by atoms with Gasteiger partial charge in [0.15, 0.2) is 6.61 Å². The lowest BCUT2D eigenvalue weighted by molar-refractivity contribution is -0.118. The Morgan fingerprint density at radius 2 is 1.69 bits per heavy atom. The van der Waals surface area contributed by atoms with Crippen molar-refractivity contribution in [3.05, 3.63) is 87.4 Å². The maximum atomic E-state index is 12.7. The minimum atomic E-state index is -3.82. The van der Waals surface area contributed by atoms with E-state index in [1.54, 1.807) is 19.1 Å². The lowest BCUT2D eigenvalue weighted by Crippen LogP contribution is -2.27. The van der Waals surface area contributed by atoms with Crippen molar-refractivity contribution in [3.63, 3.8) is 0 Å². The molecule has 0 aliphatic heterocycles. The van der Waals surface area contributed by atoms with Gasteiger partial charge in [-0.25, -0.2) is 13.1 Å². The molecule has 0 bridgehead atoms. The van der Waals surface area contributed by atoms with E-state index in [9.17, 15) is 13.2 Å². The molecule has 3 rings (SSSR count). The van der Waals surface area contributed by atoms with E-state index in [1.165, 1.54) is 24.3 Å². The van der Waals surface area contributed by atoms with Crippen molar-refractivity contribution in [1.29, 1.82) is 0 Å². The van der Waals surface area contributed by atoms with E-state index in [0.29, 0.717) is 15.7 Å². The summed E-state index contributed by atoms with van der Waals surface area (Å²) in [6, 6.07) is 17.4. The summed E-state index contributed by atoms with van der Waals surface area (Å²) in [4.78, 5) is 12.1. The van der Waals surface area contributed by atoms with Crippen LogP contribution in [0.5, 0.6) is 5.75 Å². The van der Waals surface area contributed by atoms with Gasteiger partial charge in [-0.3, -0.25) is 4.79 Å². The first-order valence-corrected chi connectivity index (χ1v) is 12.0. The van der Waals surface area contributed by atoms with Gasteiger partial charge < -0.3 is 10.1 Å². The van der Waals surface area contributed by atoms with Gasteiger partial charge in [0.05, 0.1) is 20.6 Å². The van der Waals surface area contributed by atoms with E-state index >= 15 is 0 Å². The van der Waals surface area contributed by atoms with Crippen LogP contribution in [0.2, 0.25) is 15.1 Å². The zero-order valence-electron chi connectivity index (χ0n) is 16.8. The molecule has 0 heterocycles. The Morgan fingerprint density at radius 3 is 2.38 bits per heavy atom. The molecule has 0 fully saturated rings. The molecule has 0 radical (unpaired) electrons. The molecule has 32 heavy (non-hydrogen) atoms. The van der Waals surface area contributed by atoms with Crippen LogP contribution in [-0.4, -0.2) is 20.9 Å². The number of sulfonamides is 1. The number of anilines is 1. The number of hydrogen-bond donors (Lipinski definition) is 2. The van der Waals surface area contributed by atoms with Crippen molar-refractivity contribution in [2.45, 2.75) is 17.9 Å². The third kappa shape index (κ3) is 6.37. The fourth-order valence-corrected chi connectivity index (χ4v) is 4.69. The highest BCUT2D eigenvalue weighted by Crippen LogP contribution is 2.29. The number of ether oxygens (including phenoxy) is 1. The van der Waals surface area contributed by atoms with Crippen LogP contribution < -0.4 is 14.8 Å². The normalized spacial score (nSPS) is 12.2. The highest BCUT2D eigenvalue weighted by atomic mass is 35.5. The summed E-state index contributed by atoms with van der Waals surface area (Å²) in [5.74, 6) is -0.325. The molecule has 0 aromatic heterocycles. The quantitative estimate of drug-likeness (QED) is 0.404. The van der Waals surface area contributed by atoms with E-state index in [0.717, 1.165) is 5.56 Å². The molecule has 6 nitrogen and oxygen atoms in total. The van der Waals surface area contributed by atoms with Gasteiger partial charge in [-0.15, -0.1) is 0 Å². The molecule has 3 aromatic rings. The number of halogens is 3. The van der Waals surface area contributed by atoms with Crippen molar-refractivity contribution in [2.24, 2.45) is 0 Å². The lowest BCUT2D eigenvalue weighted by atomic mass is 10.1. The minimum absolute atomic E-state index is 0.0206. The molecule has 0 saturated heterocycles. The fraction of sp³-hybridized carbons (Fsp3) is 0.136. The van der Waals surface area contributed by atoms with Crippen LogP contribution in [0.15, 0.2) is 71.6 Å². The van der Waals surface area contributed by atoms with Crippen molar-refractivity contribution < 1.29 is 17.9 Å². The Labute approximate surface area is 201 Å². The topological polar surface area (TPSA) is 84.5 Å². The monoisotopic (exact) mass is 512 g/mol. The van der Waals surface area contributed by atoms with E-state index in [-0.39, 0.29) is 22.3 Å². The molecular weight excluding hydrogens is 495 g/mol. The average molecular weight is 514 g/mol. The van der Waals surface area contributed by atoms with E-state index < -0.39 is 22.0 Å². The third-order valence-electron chi connectivity index (χ3n) is 4.41. The van der Waals surface area contributed by atoms with Gasteiger partial charge in [-0.05, 0) is 48.9 Å². The molecule has 1 atom stereocenters. The van der Waals surface area contributed by atoms with Crippen LogP contribution in [0.1, 0.15) is 18.5 Å². The molecule has 168 valence electrons. The predicted octanol–water partition coefficient (Wildman–Crippen LogP) is 5.70. The summed E-state index contributed by atoms with van der Waals surface area (Å²) in [6.07, 6.45) is 0. The number of benzene rings is 3. The second kappa shape index (κ2) is 10.6. The summed E-state index contributed by atoms with van der Waals surface area (Å²) in [5, 5.41) is 3.38. The van der Waals surface area contributed by atoms with E-state index in [4.69, 9.17) is 39.5 Å². The standard InChI is InChI=1S/C22H19Cl3N2O4S/c1-14(15-5-3-2-4-6-15)27-32(29,30)17-8-10-21(19(25)12-17)31-13-22(28)26-20-11-16(23)7-9-18(20)24/h2-12,14,27H,13H2,1H3,(H,26,28)/t14-/m1/s1. The Morgan fingerprint density at radius 1 is 0.969 bits per heavy atom. The summed E-state index contributed by atoms with van der Waals surface area (Å²) < 4.78 is 33.5. The van der Waals surface area contributed by atoms with Crippen LogP contribution in [0.25, 0.3) is 0 Å². The minimum Gasteiger partial charge on any atom is -0.482 e. The van der Waals surface area contributed by atoms with Gasteiger partial charge in [0.25, 0.3) is 5.91 Å². The molecule has 0 aliphatic rings. The van der Waals surface area contributed by atoms with Gasteiger partial charge in [0.2, 0.25) is 10.0 Å². The zero-order valence-corrected chi connectivity index (χ0v) is 19.9. The van der Waals surface area contributed by atoms with Gasteiger partial charge in [0.1, 0.15) is 5.75 Å². The van der Waals surface area contributed by atoms with Crippen molar-refractivity contribution in [2.75, 3.05) is 11.9 Å². The van der Waals surface area contributed by atoms with Crippen molar-refractivity contribution in [1.82, 2.24) is 4.72 Å². The van der Waals surface area contributed by atoms with Crippen LogP contribution in [0, 0.1) is 0 Å². The molecule has 0 aliphatic carbocycles. The largest absolute Gasteiger partial charge is 0.482 e. The Balaban J connectivity index is 1.64.